The van der Waals surface area contributed by atoms with Gasteiger partial charge in [0.2, 0.25) is 16.2 Å². The summed E-state index contributed by atoms with van der Waals surface area (Å²) >= 11 is 11.3. The van der Waals surface area contributed by atoms with Gasteiger partial charge in [0.05, 0.1) is 17.0 Å². The Labute approximate surface area is 102 Å². The Morgan fingerprint density at radius 3 is 2.38 bits per heavy atom. The summed E-state index contributed by atoms with van der Waals surface area (Å²) in [7, 11) is -3.78. The second-order valence-electron chi connectivity index (χ2n) is 3.09. The van der Waals surface area contributed by atoms with Gasteiger partial charge >= 0.3 is 5.97 Å². The second-order valence-corrected chi connectivity index (χ2v) is 5.69. The van der Waals surface area contributed by atoms with Crippen molar-refractivity contribution in [3.63, 3.8) is 0 Å². The topological polar surface area (TPSA) is 87.0 Å². The first-order valence-corrected chi connectivity index (χ1v) is 6.59. The van der Waals surface area contributed by atoms with Crippen molar-refractivity contribution in [3.05, 3.63) is 10.7 Å². The number of aliphatic imine (C=N–C) groups is 1. The van der Waals surface area contributed by atoms with Crippen molar-refractivity contribution in [1.29, 1.82) is 0 Å². The monoisotopic (exact) mass is 286 g/mol. The van der Waals surface area contributed by atoms with Crippen LogP contribution in [-0.4, -0.2) is 41.4 Å². The molecule has 0 saturated heterocycles. The zero-order chi connectivity index (χ0) is 12.7. The molecular formula is C7H8Cl2N2O4S. The number of hydrogen-bond donors (Lipinski definition) is 1. The molecule has 0 spiro atoms. The summed E-state index contributed by atoms with van der Waals surface area (Å²) in [6.45, 7) is 1.36. The molecule has 0 saturated carbocycles. The first kappa shape index (κ1) is 13.3. The van der Waals surface area contributed by atoms with Gasteiger partial charge in [0.1, 0.15) is 5.17 Å². The molecule has 0 bridgehead atoms. The SMILES string of the molecule is CC1=C(Cl)C(Cl)=NC(C(=O)O)N1S(C)(=O)=O. The van der Waals surface area contributed by atoms with E-state index >= 15 is 0 Å². The molecule has 1 heterocycles. The minimum absolute atomic E-state index is 0.0385. The van der Waals surface area contributed by atoms with Crippen LogP contribution in [-0.2, 0) is 14.8 Å². The minimum atomic E-state index is -3.78. The van der Waals surface area contributed by atoms with Crippen molar-refractivity contribution in [2.75, 3.05) is 6.26 Å². The zero-order valence-electron chi connectivity index (χ0n) is 8.31. The van der Waals surface area contributed by atoms with Crippen molar-refractivity contribution in [2.45, 2.75) is 13.1 Å². The highest BCUT2D eigenvalue weighted by Crippen LogP contribution is 2.28. The van der Waals surface area contributed by atoms with E-state index in [9.17, 15) is 13.2 Å². The van der Waals surface area contributed by atoms with Gasteiger partial charge in [-0.25, -0.2) is 22.5 Å². The lowest BCUT2D eigenvalue weighted by atomic mass is 10.3. The Balaban J connectivity index is 3.39. The Morgan fingerprint density at radius 1 is 1.50 bits per heavy atom. The first-order chi connectivity index (χ1) is 7.16. The molecule has 1 atom stereocenters. The molecule has 6 nitrogen and oxygen atoms in total. The van der Waals surface area contributed by atoms with Crippen LogP contribution in [0.4, 0.5) is 0 Å². The third-order valence-electron chi connectivity index (χ3n) is 1.87. The van der Waals surface area contributed by atoms with Crippen LogP contribution in [0.5, 0.6) is 0 Å². The number of hydrogen-bond acceptors (Lipinski definition) is 4. The van der Waals surface area contributed by atoms with E-state index in [0.717, 1.165) is 6.26 Å². The second kappa shape index (κ2) is 4.23. The number of halogens is 2. The lowest BCUT2D eigenvalue weighted by Gasteiger charge is -2.30. The van der Waals surface area contributed by atoms with Crippen LogP contribution in [0, 0.1) is 0 Å². The molecule has 1 aliphatic heterocycles. The molecular weight excluding hydrogens is 279 g/mol. The molecule has 16 heavy (non-hydrogen) atoms. The van der Waals surface area contributed by atoms with Crippen LogP contribution in [0.25, 0.3) is 0 Å². The standard InChI is InChI=1S/C7H8Cl2N2O4S/c1-3-4(8)5(9)10-6(7(12)13)11(3)16(2,14)15/h6H,1-2H3,(H,12,13). The number of rotatable bonds is 2. The van der Waals surface area contributed by atoms with Gasteiger partial charge in [0, 0.05) is 0 Å². The number of carboxylic acids is 1. The van der Waals surface area contributed by atoms with Gasteiger partial charge in [-0.15, -0.1) is 0 Å². The van der Waals surface area contributed by atoms with E-state index in [1.165, 1.54) is 6.92 Å². The van der Waals surface area contributed by atoms with Gasteiger partial charge in [-0.3, -0.25) is 0 Å². The van der Waals surface area contributed by atoms with Gasteiger partial charge in [0.15, 0.2) is 0 Å². The van der Waals surface area contributed by atoms with Crippen molar-refractivity contribution in [1.82, 2.24) is 4.31 Å². The molecule has 9 heteroatoms. The van der Waals surface area contributed by atoms with Crippen LogP contribution in [0.2, 0.25) is 0 Å². The van der Waals surface area contributed by atoms with E-state index in [2.05, 4.69) is 4.99 Å². The largest absolute Gasteiger partial charge is 0.478 e. The lowest BCUT2D eigenvalue weighted by molar-refractivity contribution is -0.140. The molecule has 0 aliphatic carbocycles. The van der Waals surface area contributed by atoms with E-state index in [1.54, 1.807) is 0 Å². The minimum Gasteiger partial charge on any atom is -0.478 e. The van der Waals surface area contributed by atoms with Gasteiger partial charge in [-0.05, 0) is 6.92 Å². The fourth-order valence-corrected chi connectivity index (χ4v) is 2.74. The molecule has 1 rings (SSSR count). The van der Waals surface area contributed by atoms with Crippen LogP contribution >= 0.6 is 23.2 Å². The van der Waals surface area contributed by atoms with Crippen LogP contribution in [0.15, 0.2) is 15.7 Å². The number of aliphatic carboxylic acids is 1. The summed E-state index contributed by atoms with van der Waals surface area (Å²) in [6, 6.07) is 0. The van der Waals surface area contributed by atoms with E-state index in [1.807, 2.05) is 0 Å². The Morgan fingerprint density at radius 2 is 2.00 bits per heavy atom. The number of carboxylic acid groups (broad SMARTS) is 1. The maximum Gasteiger partial charge on any atom is 0.350 e. The Bertz CT molecular complexity index is 497. The van der Waals surface area contributed by atoms with Crippen molar-refractivity contribution < 1.29 is 18.3 Å². The lowest BCUT2D eigenvalue weighted by Crippen LogP contribution is -2.45. The van der Waals surface area contributed by atoms with E-state index in [-0.39, 0.29) is 15.9 Å². The van der Waals surface area contributed by atoms with E-state index in [4.69, 9.17) is 28.3 Å². The maximum atomic E-state index is 11.4. The third-order valence-corrected chi connectivity index (χ3v) is 3.89. The predicted octanol–water partition coefficient (Wildman–Crippen LogP) is 0.780. The number of allylic oxidation sites excluding steroid dienone is 2. The summed E-state index contributed by atoms with van der Waals surface area (Å²) < 4.78 is 23.5. The number of carbonyl (C=O) groups is 1. The van der Waals surface area contributed by atoms with Crippen molar-refractivity contribution in [2.24, 2.45) is 4.99 Å². The van der Waals surface area contributed by atoms with Crippen molar-refractivity contribution >= 4 is 44.4 Å². The quantitative estimate of drug-likeness (QED) is 0.813. The van der Waals surface area contributed by atoms with Gasteiger partial charge in [0.25, 0.3) is 0 Å². The predicted molar refractivity (Wildman–Crippen MR) is 59.9 cm³/mol. The highest BCUT2D eigenvalue weighted by molar-refractivity contribution is 7.88. The fraction of sp³-hybridized carbons (Fsp3) is 0.429. The zero-order valence-corrected chi connectivity index (χ0v) is 10.6. The molecule has 0 radical (unpaired) electrons. The van der Waals surface area contributed by atoms with Crippen LogP contribution in [0.1, 0.15) is 6.92 Å². The normalized spacial score (nSPS) is 22.1. The molecule has 1 aliphatic rings. The molecule has 1 N–H and O–H groups in total. The van der Waals surface area contributed by atoms with Crippen molar-refractivity contribution in [3.8, 4) is 0 Å². The molecule has 0 aromatic heterocycles. The number of sulfonamides is 1. The molecule has 0 aromatic carbocycles. The summed E-state index contributed by atoms with van der Waals surface area (Å²) in [5, 5.41) is 8.56. The smallest absolute Gasteiger partial charge is 0.350 e. The first-order valence-electron chi connectivity index (χ1n) is 3.98. The molecule has 90 valence electrons. The molecule has 0 amide bonds. The van der Waals surface area contributed by atoms with E-state index in [0.29, 0.717) is 4.31 Å². The highest BCUT2D eigenvalue weighted by Gasteiger charge is 2.37. The summed E-state index contributed by atoms with van der Waals surface area (Å²) in [4.78, 5) is 14.4. The summed E-state index contributed by atoms with van der Waals surface area (Å²) in [5.74, 6) is -1.42. The third kappa shape index (κ3) is 2.31. The molecule has 1 unspecified atom stereocenters. The Hall–Kier alpha value is -0.790. The molecule has 0 fully saturated rings. The molecule has 0 aromatic rings. The summed E-state index contributed by atoms with van der Waals surface area (Å²) in [5.41, 5.74) is 0.0385. The number of nitrogens with zero attached hydrogens (tertiary/aromatic N) is 2. The Kier molecular flexibility index (Phi) is 3.51. The van der Waals surface area contributed by atoms with Crippen LogP contribution < -0.4 is 0 Å². The van der Waals surface area contributed by atoms with E-state index < -0.39 is 22.2 Å². The van der Waals surface area contributed by atoms with Gasteiger partial charge < -0.3 is 5.11 Å². The van der Waals surface area contributed by atoms with Gasteiger partial charge in [-0.2, -0.15) is 0 Å². The average molecular weight is 287 g/mol. The van der Waals surface area contributed by atoms with Gasteiger partial charge in [-0.1, -0.05) is 23.2 Å². The summed E-state index contributed by atoms with van der Waals surface area (Å²) in [6.07, 6.45) is -0.740. The average Bonchev–Trinajstić information content (AvgIpc) is 2.10. The maximum absolute atomic E-state index is 11.4. The highest BCUT2D eigenvalue weighted by atomic mass is 35.5. The van der Waals surface area contributed by atoms with Crippen LogP contribution in [0.3, 0.4) is 0 Å². The fourth-order valence-electron chi connectivity index (χ4n) is 1.23.